The molecule has 2 aromatic heterocycles. The summed E-state index contributed by atoms with van der Waals surface area (Å²) >= 11 is 6.13. The fraction of sp³-hybridized carbons (Fsp3) is 0.238. The van der Waals surface area contributed by atoms with Crippen molar-refractivity contribution in [3.05, 3.63) is 65.0 Å². The molecule has 146 valence electrons. The number of anilines is 2. The number of halogens is 1. The van der Waals surface area contributed by atoms with Crippen LogP contribution in [0.25, 0.3) is 17.1 Å². The van der Waals surface area contributed by atoms with Gasteiger partial charge in [0.05, 0.1) is 11.4 Å². The zero-order chi connectivity index (χ0) is 20.1. The molecule has 3 heterocycles. The summed E-state index contributed by atoms with van der Waals surface area (Å²) in [5, 5.41) is 13.4. The van der Waals surface area contributed by atoms with E-state index in [1.165, 1.54) is 0 Å². The molecule has 0 radical (unpaired) electrons. The molecule has 29 heavy (non-hydrogen) atoms. The van der Waals surface area contributed by atoms with E-state index in [1.807, 2.05) is 44.2 Å². The van der Waals surface area contributed by atoms with Crippen LogP contribution in [0.15, 0.2) is 47.0 Å². The van der Waals surface area contributed by atoms with E-state index in [0.29, 0.717) is 16.7 Å². The molecule has 1 atom stereocenters. The Morgan fingerprint density at radius 1 is 1.03 bits per heavy atom. The SMILES string of the molecule is Cc1noc(-c2ccc3c(c2)N(c2ccc(Cl)cc2)CC(C)c2nnc(C)n2-3)n1. The van der Waals surface area contributed by atoms with Crippen LogP contribution >= 0.6 is 11.6 Å². The number of aryl methyl sites for hydroxylation is 2. The molecule has 4 aromatic rings. The van der Waals surface area contributed by atoms with E-state index in [9.17, 15) is 0 Å². The minimum absolute atomic E-state index is 0.174. The largest absolute Gasteiger partial charge is 0.339 e. The lowest BCUT2D eigenvalue weighted by Gasteiger charge is -2.27. The van der Waals surface area contributed by atoms with E-state index >= 15 is 0 Å². The third-order valence-corrected chi connectivity index (χ3v) is 5.42. The second kappa shape index (κ2) is 6.70. The third-order valence-electron chi connectivity index (χ3n) is 5.17. The summed E-state index contributed by atoms with van der Waals surface area (Å²) in [6.07, 6.45) is 0. The molecule has 1 unspecified atom stereocenters. The summed E-state index contributed by atoms with van der Waals surface area (Å²) in [7, 11) is 0. The summed E-state index contributed by atoms with van der Waals surface area (Å²) in [6.45, 7) is 6.70. The van der Waals surface area contributed by atoms with Gasteiger partial charge in [-0.05, 0) is 56.3 Å². The van der Waals surface area contributed by atoms with E-state index in [-0.39, 0.29) is 5.92 Å². The maximum Gasteiger partial charge on any atom is 0.257 e. The number of hydrogen-bond acceptors (Lipinski definition) is 6. The quantitative estimate of drug-likeness (QED) is 0.474. The lowest BCUT2D eigenvalue weighted by molar-refractivity contribution is 0.425. The number of rotatable bonds is 2. The van der Waals surface area contributed by atoms with Crippen molar-refractivity contribution in [1.29, 1.82) is 0 Å². The van der Waals surface area contributed by atoms with Gasteiger partial charge in [0, 0.05) is 28.7 Å². The summed E-state index contributed by atoms with van der Waals surface area (Å²) in [5.74, 6) is 3.08. The van der Waals surface area contributed by atoms with Crippen LogP contribution in [0, 0.1) is 13.8 Å². The molecule has 0 fully saturated rings. The van der Waals surface area contributed by atoms with Gasteiger partial charge in [-0.25, -0.2) is 0 Å². The Kier molecular flexibility index (Phi) is 4.13. The molecule has 2 aromatic carbocycles. The van der Waals surface area contributed by atoms with Gasteiger partial charge in [0.2, 0.25) is 0 Å². The predicted octanol–water partition coefficient (Wildman–Crippen LogP) is 4.84. The second-order valence-electron chi connectivity index (χ2n) is 7.28. The molecule has 7 nitrogen and oxygen atoms in total. The minimum Gasteiger partial charge on any atom is -0.339 e. The van der Waals surface area contributed by atoms with Crippen molar-refractivity contribution in [1.82, 2.24) is 24.9 Å². The van der Waals surface area contributed by atoms with Gasteiger partial charge in [-0.1, -0.05) is 23.7 Å². The van der Waals surface area contributed by atoms with Gasteiger partial charge >= 0.3 is 0 Å². The van der Waals surface area contributed by atoms with Gasteiger partial charge in [-0.2, -0.15) is 4.98 Å². The van der Waals surface area contributed by atoms with E-state index in [0.717, 1.165) is 40.8 Å². The Balaban J connectivity index is 1.74. The van der Waals surface area contributed by atoms with Gasteiger partial charge in [0.1, 0.15) is 11.6 Å². The highest BCUT2D eigenvalue weighted by Gasteiger charge is 2.29. The van der Waals surface area contributed by atoms with E-state index in [1.54, 1.807) is 0 Å². The summed E-state index contributed by atoms with van der Waals surface area (Å²) in [5.41, 5.74) is 3.96. The highest BCUT2D eigenvalue weighted by Crippen LogP contribution is 2.40. The molecule has 0 amide bonds. The topological polar surface area (TPSA) is 72.9 Å². The van der Waals surface area contributed by atoms with Crippen molar-refractivity contribution in [2.75, 3.05) is 11.4 Å². The van der Waals surface area contributed by atoms with E-state index in [2.05, 4.69) is 48.9 Å². The number of aromatic nitrogens is 5. The van der Waals surface area contributed by atoms with Crippen molar-refractivity contribution in [3.8, 4) is 17.1 Å². The molecule has 0 saturated carbocycles. The van der Waals surface area contributed by atoms with Gasteiger partial charge in [0.25, 0.3) is 5.89 Å². The molecule has 0 aliphatic carbocycles. The molecule has 1 aliphatic heterocycles. The highest BCUT2D eigenvalue weighted by atomic mass is 35.5. The fourth-order valence-electron chi connectivity index (χ4n) is 3.79. The summed E-state index contributed by atoms with van der Waals surface area (Å²) in [6, 6.07) is 14.0. The molecule has 0 N–H and O–H groups in total. The van der Waals surface area contributed by atoms with Crippen LogP contribution in [0.4, 0.5) is 11.4 Å². The third kappa shape index (κ3) is 2.98. The van der Waals surface area contributed by atoms with Crippen LogP contribution < -0.4 is 4.90 Å². The van der Waals surface area contributed by atoms with Crippen LogP contribution in [-0.2, 0) is 0 Å². The van der Waals surface area contributed by atoms with Gasteiger partial charge in [0.15, 0.2) is 5.82 Å². The van der Waals surface area contributed by atoms with Crippen LogP contribution in [-0.4, -0.2) is 31.4 Å². The number of nitrogens with zero attached hydrogens (tertiary/aromatic N) is 6. The first-order valence-corrected chi connectivity index (χ1v) is 9.79. The standard InChI is InChI=1S/C21H19ClN6O/c1-12-11-27(17-7-5-16(22)6-8-17)19-10-15(21-23-13(2)26-29-21)4-9-18(19)28-14(3)24-25-20(12)28/h4-10,12H,11H2,1-3H3. The molecule has 8 heteroatoms. The first kappa shape index (κ1) is 17.9. The van der Waals surface area contributed by atoms with E-state index in [4.69, 9.17) is 16.1 Å². The highest BCUT2D eigenvalue weighted by molar-refractivity contribution is 6.30. The Morgan fingerprint density at radius 3 is 2.55 bits per heavy atom. The maximum absolute atomic E-state index is 6.13. The smallest absolute Gasteiger partial charge is 0.257 e. The Hall–Kier alpha value is -3.19. The molecule has 1 aliphatic rings. The Labute approximate surface area is 172 Å². The van der Waals surface area contributed by atoms with Crippen molar-refractivity contribution < 1.29 is 4.52 Å². The Bertz CT molecular complexity index is 1200. The van der Waals surface area contributed by atoms with Gasteiger partial charge in [-0.3, -0.25) is 4.57 Å². The molecule has 0 saturated heterocycles. The average Bonchev–Trinajstić information content (AvgIpc) is 3.29. The Morgan fingerprint density at radius 2 is 1.83 bits per heavy atom. The van der Waals surface area contributed by atoms with Crippen LogP contribution in [0.3, 0.4) is 0 Å². The summed E-state index contributed by atoms with van der Waals surface area (Å²) in [4.78, 5) is 6.66. The first-order valence-electron chi connectivity index (χ1n) is 9.41. The molecule has 0 spiro atoms. The van der Waals surface area contributed by atoms with E-state index < -0.39 is 0 Å². The van der Waals surface area contributed by atoms with Crippen molar-refractivity contribution in [2.24, 2.45) is 0 Å². The monoisotopic (exact) mass is 406 g/mol. The van der Waals surface area contributed by atoms with Crippen LogP contribution in [0.2, 0.25) is 5.02 Å². The zero-order valence-corrected chi connectivity index (χ0v) is 17.1. The molecular weight excluding hydrogens is 388 g/mol. The lowest BCUT2D eigenvalue weighted by Crippen LogP contribution is -2.22. The maximum atomic E-state index is 6.13. The second-order valence-corrected chi connectivity index (χ2v) is 7.72. The average molecular weight is 407 g/mol. The lowest BCUT2D eigenvalue weighted by atomic mass is 10.1. The number of benzene rings is 2. The predicted molar refractivity (Wildman–Crippen MR) is 111 cm³/mol. The zero-order valence-electron chi connectivity index (χ0n) is 16.3. The molecular formula is C21H19ClN6O. The molecule has 0 bridgehead atoms. The van der Waals surface area contributed by atoms with Crippen molar-refractivity contribution >= 4 is 23.0 Å². The normalized spacial score (nSPS) is 15.7. The number of fused-ring (bicyclic) bond motifs is 3. The van der Waals surface area contributed by atoms with Crippen LogP contribution in [0.1, 0.15) is 30.3 Å². The summed E-state index contributed by atoms with van der Waals surface area (Å²) < 4.78 is 7.52. The van der Waals surface area contributed by atoms with Crippen molar-refractivity contribution in [2.45, 2.75) is 26.7 Å². The van der Waals surface area contributed by atoms with Gasteiger partial charge in [-0.15, -0.1) is 10.2 Å². The molecule has 5 rings (SSSR count). The fourth-order valence-corrected chi connectivity index (χ4v) is 3.92. The van der Waals surface area contributed by atoms with Crippen LogP contribution in [0.5, 0.6) is 0 Å². The van der Waals surface area contributed by atoms with Gasteiger partial charge < -0.3 is 9.42 Å². The van der Waals surface area contributed by atoms with Crippen molar-refractivity contribution in [3.63, 3.8) is 0 Å². The number of hydrogen-bond donors (Lipinski definition) is 0. The minimum atomic E-state index is 0.174. The first-order chi connectivity index (χ1) is 14.0.